The van der Waals surface area contributed by atoms with Gasteiger partial charge >= 0.3 is 5.97 Å². The highest BCUT2D eigenvalue weighted by Gasteiger charge is 2.21. The summed E-state index contributed by atoms with van der Waals surface area (Å²) < 4.78 is 3.24. The maximum Gasteiger partial charge on any atom is 0.358 e. The largest absolute Gasteiger partial charge is 0.476 e. The second-order valence-corrected chi connectivity index (χ2v) is 4.81. The van der Waals surface area contributed by atoms with E-state index in [4.69, 9.17) is 22.4 Å². The molecule has 0 fully saturated rings. The van der Waals surface area contributed by atoms with E-state index >= 15 is 0 Å². The van der Waals surface area contributed by atoms with Crippen LogP contribution in [0.5, 0.6) is 0 Å². The monoisotopic (exact) mass is 312 g/mol. The van der Waals surface area contributed by atoms with Crippen molar-refractivity contribution in [3.8, 4) is 0 Å². The van der Waals surface area contributed by atoms with Crippen LogP contribution in [0.25, 0.3) is 0 Å². The van der Waals surface area contributed by atoms with E-state index in [0.717, 1.165) is 17.8 Å². The fourth-order valence-corrected chi connectivity index (χ4v) is 2.47. The van der Waals surface area contributed by atoms with E-state index in [0.29, 0.717) is 17.3 Å². The molecule has 2 aromatic rings. The van der Waals surface area contributed by atoms with Gasteiger partial charge in [-0.25, -0.2) is 9.48 Å². The molecule has 0 saturated carbocycles. The summed E-state index contributed by atoms with van der Waals surface area (Å²) in [4.78, 5) is 11.1. The molecule has 114 valence electrons. The summed E-state index contributed by atoms with van der Waals surface area (Å²) in [5.41, 5.74) is 7.41. The van der Waals surface area contributed by atoms with Crippen molar-refractivity contribution >= 4 is 17.6 Å². The molecule has 0 amide bonds. The van der Waals surface area contributed by atoms with Crippen LogP contribution < -0.4 is 5.73 Å². The van der Waals surface area contributed by atoms with E-state index in [1.54, 1.807) is 4.68 Å². The molecule has 2 aromatic heterocycles. The van der Waals surface area contributed by atoms with Crippen LogP contribution in [-0.2, 0) is 26.1 Å². The van der Waals surface area contributed by atoms with E-state index in [-0.39, 0.29) is 18.8 Å². The summed E-state index contributed by atoms with van der Waals surface area (Å²) in [5.74, 6) is -1.15. The Balaban J connectivity index is 2.43. The van der Waals surface area contributed by atoms with Gasteiger partial charge in [-0.15, -0.1) is 5.10 Å². The molecule has 0 aliphatic rings. The number of aryl methyl sites for hydroxylation is 2. The van der Waals surface area contributed by atoms with Gasteiger partial charge in [0.05, 0.1) is 28.6 Å². The van der Waals surface area contributed by atoms with Crippen molar-refractivity contribution < 1.29 is 9.90 Å². The summed E-state index contributed by atoms with van der Waals surface area (Å²) in [6, 6.07) is 0. The van der Waals surface area contributed by atoms with Crippen LogP contribution in [0, 0.1) is 0 Å². The first-order valence-electron chi connectivity index (χ1n) is 6.63. The second-order valence-electron chi connectivity index (χ2n) is 4.43. The summed E-state index contributed by atoms with van der Waals surface area (Å²) in [6.07, 6.45) is 0.723. The van der Waals surface area contributed by atoms with Gasteiger partial charge in [-0.05, 0) is 13.3 Å². The van der Waals surface area contributed by atoms with Crippen LogP contribution in [0.2, 0.25) is 5.02 Å². The first-order chi connectivity index (χ1) is 10.0. The lowest BCUT2D eigenvalue weighted by Gasteiger charge is -2.07. The van der Waals surface area contributed by atoms with E-state index in [2.05, 4.69) is 15.4 Å². The Morgan fingerprint density at radius 1 is 1.33 bits per heavy atom. The predicted octanol–water partition coefficient (Wildman–Crippen LogP) is 0.916. The van der Waals surface area contributed by atoms with Gasteiger partial charge in [0.1, 0.15) is 0 Å². The van der Waals surface area contributed by atoms with Crippen molar-refractivity contribution in [2.24, 2.45) is 5.73 Å². The lowest BCUT2D eigenvalue weighted by molar-refractivity contribution is 0.0689. The third-order valence-electron chi connectivity index (χ3n) is 3.23. The Morgan fingerprint density at radius 2 is 2.05 bits per heavy atom. The molecular weight excluding hydrogens is 296 g/mol. The number of halogens is 1. The van der Waals surface area contributed by atoms with Crippen molar-refractivity contribution in [3.05, 3.63) is 27.8 Å². The zero-order valence-corrected chi connectivity index (χ0v) is 12.6. The van der Waals surface area contributed by atoms with Crippen LogP contribution in [0.3, 0.4) is 0 Å². The van der Waals surface area contributed by atoms with Gasteiger partial charge in [0, 0.05) is 13.1 Å². The third-order valence-corrected chi connectivity index (χ3v) is 3.66. The van der Waals surface area contributed by atoms with Crippen molar-refractivity contribution in [1.29, 1.82) is 0 Å². The lowest BCUT2D eigenvalue weighted by Crippen LogP contribution is -2.15. The summed E-state index contributed by atoms with van der Waals surface area (Å²) >= 11 is 6.33. The highest BCUT2D eigenvalue weighted by molar-refractivity contribution is 6.31. The molecule has 0 aliphatic heterocycles. The number of nitrogens with zero attached hydrogens (tertiary/aromatic N) is 5. The molecule has 0 aliphatic carbocycles. The van der Waals surface area contributed by atoms with Crippen LogP contribution >= 0.6 is 11.6 Å². The number of aromatic carboxylic acids is 1. The number of carboxylic acids is 1. The Morgan fingerprint density at radius 3 is 2.57 bits per heavy atom. The fraction of sp³-hybridized carbons (Fsp3) is 0.500. The Bertz CT molecular complexity index is 663. The summed E-state index contributed by atoms with van der Waals surface area (Å²) in [5, 5.41) is 21.6. The highest BCUT2D eigenvalue weighted by Crippen LogP contribution is 2.23. The maximum atomic E-state index is 11.1. The van der Waals surface area contributed by atoms with Gasteiger partial charge in [0.2, 0.25) is 0 Å². The van der Waals surface area contributed by atoms with E-state index in [9.17, 15) is 4.79 Å². The Hall–Kier alpha value is -1.93. The average Bonchev–Trinajstić information content (AvgIpc) is 3.01. The molecule has 0 spiro atoms. The number of hydrogen-bond donors (Lipinski definition) is 2. The number of hydrogen-bond acceptors (Lipinski definition) is 5. The minimum Gasteiger partial charge on any atom is -0.476 e. The molecule has 8 nitrogen and oxygen atoms in total. The molecule has 0 saturated heterocycles. The van der Waals surface area contributed by atoms with Gasteiger partial charge in [-0.2, -0.15) is 5.10 Å². The van der Waals surface area contributed by atoms with Crippen molar-refractivity contribution in [1.82, 2.24) is 24.8 Å². The lowest BCUT2D eigenvalue weighted by atomic mass is 10.2. The molecule has 0 unspecified atom stereocenters. The average molecular weight is 313 g/mol. The smallest absolute Gasteiger partial charge is 0.358 e. The van der Waals surface area contributed by atoms with Gasteiger partial charge in [-0.1, -0.05) is 23.7 Å². The van der Waals surface area contributed by atoms with Gasteiger partial charge in [0.15, 0.2) is 5.69 Å². The zero-order chi connectivity index (χ0) is 15.6. The minimum atomic E-state index is -1.15. The SMILES string of the molecule is CCc1nn(CC)c(Cn2nnc(C(=O)O)c2CN)c1Cl. The number of rotatable bonds is 6. The molecule has 0 radical (unpaired) electrons. The number of carbonyl (C=O) groups is 1. The topological polar surface area (TPSA) is 112 Å². The standard InChI is InChI=1S/C12H17ClN6O2/c1-3-7-10(13)9(18(4-2)16-7)6-19-8(5-14)11(12(20)21)15-17-19/h3-6,14H2,1-2H3,(H,20,21). The molecule has 0 bridgehead atoms. The normalized spacial score (nSPS) is 11.0. The van der Waals surface area contributed by atoms with Crippen LogP contribution in [0.15, 0.2) is 0 Å². The highest BCUT2D eigenvalue weighted by atomic mass is 35.5. The molecule has 0 atom stereocenters. The Kier molecular flexibility index (Phi) is 4.59. The number of nitrogens with two attached hydrogens (primary N) is 1. The number of aromatic nitrogens is 5. The van der Waals surface area contributed by atoms with Gasteiger partial charge < -0.3 is 10.8 Å². The van der Waals surface area contributed by atoms with Crippen LogP contribution in [-0.4, -0.2) is 35.9 Å². The predicted molar refractivity (Wildman–Crippen MR) is 76.3 cm³/mol. The first kappa shape index (κ1) is 15.5. The van der Waals surface area contributed by atoms with E-state index in [1.165, 1.54) is 4.68 Å². The second kappa shape index (κ2) is 6.23. The number of carboxylic acid groups (broad SMARTS) is 1. The maximum absolute atomic E-state index is 11.1. The van der Waals surface area contributed by atoms with E-state index < -0.39 is 5.97 Å². The molecule has 3 N–H and O–H groups in total. The van der Waals surface area contributed by atoms with Crippen molar-refractivity contribution in [3.63, 3.8) is 0 Å². The fourth-order valence-electron chi connectivity index (χ4n) is 2.14. The third kappa shape index (κ3) is 2.77. The molecule has 2 rings (SSSR count). The van der Waals surface area contributed by atoms with Crippen LogP contribution in [0.1, 0.15) is 41.4 Å². The molecule has 21 heavy (non-hydrogen) atoms. The van der Waals surface area contributed by atoms with Crippen molar-refractivity contribution in [2.75, 3.05) is 0 Å². The molecule has 0 aromatic carbocycles. The van der Waals surface area contributed by atoms with Gasteiger partial charge in [0.25, 0.3) is 0 Å². The summed E-state index contributed by atoms with van der Waals surface area (Å²) in [6.45, 7) is 4.91. The molecule has 9 heteroatoms. The quantitative estimate of drug-likeness (QED) is 0.820. The first-order valence-corrected chi connectivity index (χ1v) is 7.00. The minimum absolute atomic E-state index is 0.0349. The summed E-state index contributed by atoms with van der Waals surface area (Å²) in [7, 11) is 0. The zero-order valence-electron chi connectivity index (χ0n) is 11.9. The van der Waals surface area contributed by atoms with Gasteiger partial charge in [-0.3, -0.25) is 4.68 Å². The molecular formula is C12H17ClN6O2. The van der Waals surface area contributed by atoms with Crippen molar-refractivity contribution in [2.45, 2.75) is 39.9 Å². The Labute approximate surface area is 126 Å². The van der Waals surface area contributed by atoms with E-state index in [1.807, 2.05) is 13.8 Å². The van der Waals surface area contributed by atoms with Crippen LogP contribution in [0.4, 0.5) is 0 Å². The molecule has 2 heterocycles.